The monoisotopic (exact) mass is 386 g/mol. The first-order valence-corrected chi connectivity index (χ1v) is 10.5. The molecule has 23 heavy (non-hydrogen) atoms. The Balaban J connectivity index is 0.00000132. The molecule has 0 saturated heterocycles. The van der Waals surface area contributed by atoms with Crippen LogP contribution in [-0.4, -0.2) is 0 Å². The van der Waals surface area contributed by atoms with E-state index in [0.29, 0.717) is 0 Å². The zero-order chi connectivity index (χ0) is 14.7. The van der Waals surface area contributed by atoms with Crippen molar-refractivity contribution in [2.45, 2.75) is 78.1 Å². The van der Waals surface area contributed by atoms with Crippen molar-refractivity contribution < 1.29 is 44.0 Å². The quantitative estimate of drug-likeness (QED) is 0.580. The van der Waals surface area contributed by atoms with Gasteiger partial charge in [0.15, 0.2) is 0 Å². The minimum atomic E-state index is 0. The number of rotatable bonds is 6. The number of hydrogen-bond acceptors (Lipinski definition) is 0. The van der Waals surface area contributed by atoms with E-state index in [-0.39, 0.29) is 44.0 Å². The van der Waals surface area contributed by atoms with E-state index >= 15 is 0 Å². The summed E-state index contributed by atoms with van der Waals surface area (Å²) in [5.74, 6) is 0. The largest absolute Gasteiger partial charge is 1.00 e. The van der Waals surface area contributed by atoms with Crippen LogP contribution in [0.5, 0.6) is 0 Å². The predicted octanol–water partition coefficient (Wildman–Crippen LogP) is 0.420. The number of unbranched alkanes of at least 4 members (excludes halogenated alkanes) is 2. The molecule has 3 aliphatic rings. The topological polar surface area (TPSA) is 0 Å². The molecule has 0 radical (unpaired) electrons. The van der Waals surface area contributed by atoms with Gasteiger partial charge in [0, 0.05) is 0 Å². The minimum Gasteiger partial charge on any atom is -1.00 e. The molecule has 0 aromatic carbocycles. The first-order valence-electron chi connectivity index (χ1n) is 8.93. The van der Waals surface area contributed by atoms with E-state index in [2.05, 4.69) is 26.0 Å². The zero-order valence-electron chi connectivity index (χ0n) is 14.5. The third-order valence-corrected chi connectivity index (χ3v) is 7.66. The molecule has 0 aromatic heterocycles. The fraction of sp³-hybridized carbons (Fsp3) is 0.600. The molecule has 0 unspecified atom stereocenters. The molecule has 0 spiro atoms. The van der Waals surface area contributed by atoms with Gasteiger partial charge >= 0.3 is 139 Å². The molecule has 0 N–H and O–H groups in total. The van der Waals surface area contributed by atoms with Gasteiger partial charge in [0.1, 0.15) is 0 Å². The smallest absolute Gasteiger partial charge is 1.00 e. The second-order valence-corrected chi connectivity index (χ2v) is 8.89. The molecule has 1 heterocycles. The van der Waals surface area contributed by atoms with Crippen molar-refractivity contribution >= 4 is 0 Å². The Labute approximate surface area is 163 Å². The third kappa shape index (κ3) is 4.88. The molecule has 0 amide bonds. The van der Waals surface area contributed by atoms with Gasteiger partial charge in [-0.1, -0.05) is 0 Å². The van der Waals surface area contributed by atoms with E-state index in [1.54, 1.807) is 11.1 Å². The van der Waals surface area contributed by atoms with E-state index in [4.69, 9.17) is 0 Å². The standard InChI is InChI=1S/C20H28.2ClH.Ti/c1-3-5-9-17-11-7-13-19(17)15-16-20-14-8-12-18(20)10-6-4-2;;;/h11-12H,3-10,15-16H2,1-2H3;2*1H;/q;;;+2/p-2. The maximum Gasteiger partial charge on any atom is -1.00 e. The van der Waals surface area contributed by atoms with Crippen LogP contribution >= 0.6 is 0 Å². The van der Waals surface area contributed by atoms with Crippen LogP contribution in [0.1, 0.15) is 78.1 Å². The molecule has 0 bridgehead atoms. The first kappa shape index (κ1) is 21.3. The van der Waals surface area contributed by atoms with Crippen molar-refractivity contribution in [1.82, 2.24) is 0 Å². The normalized spacial score (nSPS) is 18.7. The summed E-state index contributed by atoms with van der Waals surface area (Å²) in [5, 5.41) is 0. The van der Waals surface area contributed by atoms with Crippen molar-refractivity contribution in [2.75, 3.05) is 0 Å². The van der Waals surface area contributed by atoms with Gasteiger partial charge in [-0.3, -0.25) is 0 Å². The van der Waals surface area contributed by atoms with E-state index in [9.17, 15) is 0 Å². The predicted molar refractivity (Wildman–Crippen MR) is 87.7 cm³/mol. The van der Waals surface area contributed by atoms with Crippen LogP contribution in [0, 0.1) is 0 Å². The SMILES string of the molecule is CCCCC1=CC[C]2=C1CCC1=[C](CC=C1CCCC)[Ti+2]2.[Cl-].[Cl-]. The van der Waals surface area contributed by atoms with E-state index in [1.807, 2.05) is 18.9 Å². The Kier molecular flexibility index (Phi) is 9.53. The van der Waals surface area contributed by atoms with Crippen LogP contribution < -0.4 is 24.8 Å². The number of hydrogen-bond donors (Lipinski definition) is 0. The summed E-state index contributed by atoms with van der Waals surface area (Å²) in [6.07, 6.45) is 18.5. The van der Waals surface area contributed by atoms with Gasteiger partial charge in [-0.25, -0.2) is 0 Å². The maximum atomic E-state index is 2.57. The van der Waals surface area contributed by atoms with Gasteiger partial charge < -0.3 is 24.8 Å². The summed E-state index contributed by atoms with van der Waals surface area (Å²) >= 11 is 0.0171. The Morgan fingerprint density at radius 3 is 1.61 bits per heavy atom. The zero-order valence-corrected chi connectivity index (χ0v) is 17.6. The summed E-state index contributed by atoms with van der Waals surface area (Å²) in [6.45, 7) is 4.62. The third-order valence-electron chi connectivity index (χ3n) is 5.14. The summed E-state index contributed by atoms with van der Waals surface area (Å²) in [5.41, 5.74) is 7.09. The van der Waals surface area contributed by atoms with Crippen LogP contribution in [0.4, 0.5) is 0 Å². The van der Waals surface area contributed by atoms with Gasteiger partial charge in [0.05, 0.1) is 0 Å². The molecule has 1 aliphatic heterocycles. The second-order valence-electron chi connectivity index (χ2n) is 6.61. The van der Waals surface area contributed by atoms with Crippen LogP contribution in [0.15, 0.2) is 42.2 Å². The Bertz CT molecular complexity index is 490. The Morgan fingerprint density at radius 2 is 1.22 bits per heavy atom. The van der Waals surface area contributed by atoms with Crippen molar-refractivity contribution in [3.8, 4) is 0 Å². The molecule has 0 aromatic rings. The second kappa shape index (κ2) is 10.3. The molecule has 3 rings (SSSR count). The van der Waals surface area contributed by atoms with Gasteiger partial charge in [0.25, 0.3) is 0 Å². The maximum absolute atomic E-state index is 2.57. The number of halogens is 2. The minimum absolute atomic E-state index is 0. The van der Waals surface area contributed by atoms with Crippen LogP contribution in [0.25, 0.3) is 0 Å². The molecule has 0 atom stereocenters. The fourth-order valence-electron chi connectivity index (χ4n) is 3.88. The summed E-state index contributed by atoms with van der Waals surface area (Å²) < 4.78 is 3.77. The summed E-state index contributed by atoms with van der Waals surface area (Å²) in [7, 11) is 0. The van der Waals surface area contributed by atoms with Crippen molar-refractivity contribution in [3.05, 3.63) is 42.2 Å². The van der Waals surface area contributed by atoms with Gasteiger partial charge in [-0.2, -0.15) is 0 Å². The fourth-order valence-corrected chi connectivity index (χ4v) is 6.45. The van der Waals surface area contributed by atoms with E-state index in [1.165, 1.54) is 64.2 Å². The Hall–Kier alpha value is 0.254. The molecule has 0 nitrogen and oxygen atoms in total. The summed E-state index contributed by atoms with van der Waals surface area (Å²) in [4.78, 5) is 0. The molecule has 0 fully saturated rings. The molecule has 3 heteroatoms. The molecule has 126 valence electrons. The van der Waals surface area contributed by atoms with Crippen molar-refractivity contribution in [3.63, 3.8) is 0 Å². The molecular weight excluding hydrogens is 359 g/mol. The van der Waals surface area contributed by atoms with Crippen molar-refractivity contribution in [2.24, 2.45) is 0 Å². The van der Waals surface area contributed by atoms with Gasteiger partial charge in [-0.05, 0) is 0 Å². The molecule has 0 saturated carbocycles. The van der Waals surface area contributed by atoms with Gasteiger partial charge in [0.2, 0.25) is 0 Å². The van der Waals surface area contributed by atoms with E-state index in [0.717, 1.165) is 0 Å². The average molecular weight is 387 g/mol. The van der Waals surface area contributed by atoms with Crippen LogP contribution in [-0.2, 0) is 19.2 Å². The first-order chi connectivity index (χ1) is 10.3. The number of allylic oxidation sites excluding steroid dienone is 8. The summed E-state index contributed by atoms with van der Waals surface area (Å²) in [6, 6.07) is 0. The van der Waals surface area contributed by atoms with Crippen LogP contribution in [0.2, 0.25) is 0 Å². The molecule has 2 aliphatic carbocycles. The average Bonchev–Trinajstić information content (AvgIpc) is 3.01. The Morgan fingerprint density at radius 1 is 0.783 bits per heavy atom. The van der Waals surface area contributed by atoms with Gasteiger partial charge in [-0.15, -0.1) is 0 Å². The molecular formula is C20H28Cl2Ti. The van der Waals surface area contributed by atoms with Crippen LogP contribution in [0.3, 0.4) is 0 Å². The van der Waals surface area contributed by atoms with E-state index < -0.39 is 0 Å². The van der Waals surface area contributed by atoms with Crippen molar-refractivity contribution in [1.29, 1.82) is 0 Å².